The maximum absolute atomic E-state index is 12.0. The SMILES string of the molecule is O=C(O)C(CC1C=CCCC1)NC(=O)C(F)(F)F. The maximum atomic E-state index is 12.0. The molecule has 1 aliphatic carbocycles. The van der Waals surface area contributed by atoms with Crippen molar-refractivity contribution >= 4 is 11.9 Å². The summed E-state index contributed by atoms with van der Waals surface area (Å²) in [5.41, 5.74) is 0. The van der Waals surface area contributed by atoms with Crippen molar-refractivity contribution in [3.05, 3.63) is 12.2 Å². The van der Waals surface area contributed by atoms with Gasteiger partial charge in [-0.15, -0.1) is 0 Å². The Hall–Kier alpha value is -1.53. The van der Waals surface area contributed by atoms with Crippen LogP contribution >= 0.6 is 0 Å². The fourth-order valence-corrected chi connectivity index (χ4v) is 1.84. The van der Waals surface area contributed by atoms with Gasteiger partial charge in [-0.3, -0.25) is 4.79 Å². The number of rotatable bonds is 4. The molecule has 0 fully saturated rings. The van der Waals surface area contributed by atoms with Crippen LogP contribution < -0.4 is 5.32 Å². The van der Waals surface area contributed by atoms with Crippen molar-refractivity contribution in [3.8, 4) is 0 Å². The molecule has 0 heterocycles. The summed E-state index contributed by atoms with van der Waals surface area (Å²) in [4.78, 5) is 21.5. The van der Waals surface area contributed by atoms with Gasteiger partial charge >= 0.3 is 18.1 Å². The van der Waals surface area contributed by atoms with Crippen molar-refractivity contribution in [1.82, 2.24) is 5.32 Å². The minimum Gasteiger partial charge on any atom is -0.480 e. The smallest absolute Gasteiger partial charge is 0.471 e. The molecule has 0 saturated carbocycles. The number of carboxylic acids is 1. The molecule has 0 aromatic rings. The van der Waals surface area contributed by atoms with Crippen LogP contribution in [0.2, 0.25) is 0 Å². The molecule has 1 rings (SSSR count). The second-order valence-corrected chi connectivity index (χ2v) is 4.22. The summed E-state index contributed by atoms with van der Waals surface area (Å²) in [6, 6.07) is -1.51. The van der Waals surface area contributed by atoms with Crippen molar-refractivity contribution < 1.29 is 27.9 Å². The number of alkyl halides is 3. The fourth-order valence-electron chi connectivity index (χ4n) is 1.84. The second kappa shape index (κ2) is 5.88. The van der Waals surface area contributed by atoms with Gasteiger partial charge in [-0.25, -0.2) is 4.79 Å². The number of carboxylic acid groups (broad SMARTS) is 1. The third-order valence-electron chi connectivity index (χ3n) is 2.75. The number of allylic oxidation sites excluding steroid dienone is 2. The number of nitrogens with one attached hydrogen (secondary N) is 1. The van der Waals surface area contributed by atoms with Crippen LogP contribution in [-0.2, 0) is 9.59 Å². The van der Waals surface area contributed by atoms with Crippen LogP contribution in [-0.4, -0.2) is 29.2 Å². The lowest BCUT2D eigenvalue weighted by atomic mass is 9.90. The van der Waals surface area contributed by atoms with Gasteiger partial charge in [0.05, 0.1) is 0 Å². The van der Waals surface area contributed by atoms with E-state index in [4.69, 9.17) is 5.11 Å². The molecule has 0 radical (unpaired) electrons. The van der Waals surface area contributed by atoms with Gasteiger partial charge in [0.2, 0.25) is 0 Å². The minimum atomic E-state index is -5.06. The van der Waals surface area contributed by atoms with Gasteiger partial charge in [0.15, 0.2) is 0 Å². The highest BCUT2D eigenvalue weighted by molar-refractivity contribution is 5.86. The zero-order valence-electron chi connectivity index (χ0n) is 9.54. The van der Waals surface area contributed by atoms with E-state index in [-0.39, 0.29) is 12.3 Å². The second-order valence-electron chi connectivity index (χ2n) is 4.22. The third kappa shape index (κ3) is 4.38. The highest BCUT2D eigenvalue weighted by Gasteiger charge is 2.41. The Morgan fingerprint density at radius 2 is 2.11 bits per heavy atom. The summed E-state index contributed by atoms with van der Waals surface area (Å²) < 4.78 is 36.1. The molecule has 1 amide bonds. The van der Waals surface area contributed by atoms with Gasteiger partial charge in [0.1, 0.15) is 6.04 Å². The lowest BCUT2D eigenvalue weighted by Gasteiger charge is -2.21. The Labute approximate surface area is 102 Å². The lowest BCUT2D eigenvalue weighted by Crippen LogP contribution is -2.47. The first-order valence-electron chi connectivity index (χ1n) is 5.58. The normalized spacial score (nSPS) is 21.4. The molecule has 4 nitrogen and oxygen atoms in total. The number of aliphatic carboxylic acids is 1. The molecular weight excluding hydrogens is 251 g/mol. The van der Waals surface area contributed by atoms with Crippen LogP contribution in [0.15, 0.2) is 12.2 Å². The summed E-state index contributed by atoms with van der Waals surface area (Å²) in [5.74, 6) is -3.77. The molecule has 0 aliphatic heterocycles. The molecule has 2 N–H and O–H groups in total. The molecule has 0 aromatic heterocycles. The van der Waals surface area contributed by atoms with Crippen LogP contribution in [0, 0.1) is 5.92 Å². The Kier molecular flexibility index (Phi) is 4.75. The number of carbonyl (C=O) groups excluding carboxylic acids is 1. The summed E-state index contributed by atoms with van der Waals surface area (Å²) in [6.45, 7) is 0. The van der Waals surface area contributed by atoms with Gasteiger partial charge in [-0.05, 0) is 31.6 Å². The lowest BCUT2D eigenvalue weighted by molar-refractivity contribution is -0.175. The van der Waals surface area contributed by atoms with Crippen molar-refractivity contribution in [2.75, 3.05) is 0 Å². The molecule has 0 saturated heterocycles. The largest absolute Gasteiger partial charge is 0.480 e. The molecule has 0 spiro atoms. The average molecular weight is 265 g/mol. The third-order valence-corrected chi connectivity index (χ3v) is 2.75. The Morgan fingerprint density at radius 3 is 2.56 bits per heavy atom. The number of halogens is 3. The highest BCUT2D eigenvalue weighted by atomic mass is 19.4. The predicted molar refractivity (Wildman–Crippen MR) is 56.7 cm³/mol. The number of amides is 1. The standard InChI is InChI=1S/C11H14F3NO3/c12-11(13,14)10(18)15-8(9(16)17)6-7-4-2-1-3-5-7/h2,4,7-8H,1,3,5-6H2,(H,15,18)(H,16,17). The summed E-state index contributed by atoms with van der Waals surface area (Å²) in [7, 11) is 0. The monoisotopic (exact) mass is 265 g/mol. The Balaban J connectivity index is 2.60. The first-order valence-corrected chi connectivity index (χ1v) is 5.58. The minimum absolute atomic E-state index is 0.0202. The van der Waals surface area contributed by atoms with E-state index in [9.17, 15) is 22.8 Å². The fraction of sp³-hybridized carbons (Fsp3) is 0.636. The van der Waals surface area contributed by atoms with Crippen molar-refractivity contribution in [2.45, 2.75) is 37.9 Å². The van der Waals surface area contributed by atoms with E-state index in [2.05, 4.69) is 0 Å². The Bertz CT molecular complexity index is 352. The van der Waals surface area contributed by atoms with E-state index in [1.54, 1.807) is 6.08 Å². The quantitative estimate of drug-likeness (QED) is 0.762. The Morgan fingerprint density at radius 1 is 1.44 bits per heavy atom. The van der Waals surface area contributed by atoms with Crippen LogP contribution in [0.3, 0.4) is 0 Å². The van der Waals surface area contributed by atoms with Crippen LogP contribution in [0.4, 0.5) is 13.2 Å². The molecule has 2 atom stereocenters. The first kappa shape index (κ1) is 14.5. The number of hydrogen-bond donors (Lipinski definition) is 2. The van der Waals surface area contributed by atoms with E-state index in [1.807, 2.05) is 6.08 Å². The van der Waals surface area contributed by atoms with Crippen LogP contribution in [0.5, 0.6) is 0 Å². The molecule has 2 unspecified atom stereocenters. The van der Waals surface area contributed by atoms with Gasteiger partial charge in [-0.1, -0.05) is 12.2 Å². The van der Waals surface area contributed by atoms with E-state index in [0.29, 0.717) is 0 Å². The summed E-state index contributed by atoms with van der Waals surface area (Å²) in [6.07, 6.45) is 1.08. The first-order chi connectivity index (χ1) is 8.30. The number of hydrogen-bond acceptors (Lipinski definition) is 2. The number of carbonyl (C=O) groups is 2. The molecular formula is C11H14F3NO3. The van der Waals surface area contributed by atoms with Gasteiger partial charge < -0.3 is 10.4 Å². The van der Waals surface area contributed by atoms with E-state index >= 15 is 0 Å². The molecule has 102 valence electrons. The van der Waals surface area contributed by atoms with Crippen molar-refractivity contribution in [1.29, 1.82) is 0 Å². The van der Waals surface area contributed by atoms with Gasteiger partial charge in [-0.2, -0.15) is 13.2 Å². The van der Waals surface area contributed by atoms with Crippen LogP contribution in [0.25, 0.3) is 0 Å². The van der Waals surface area contributed by atoms with Crippen LogP contribution in [0.1, 0.15) is 25.7 Å². The van der Waals surface area contributed by atoms with Crippen molar-refractivity contribution in [2.24, 2.45) is 5.92 Å². The van der Waals surface area contributed by atoms with Crippen molar-refractivity contribution in [3.63, 3.8) is 0 Å². The molecule has 7 heteroatoms. The molecule has 0 aromatic carbocycles. The maximum Gasteiger partial charge on any atom is 0.471 e. The molecule has 18 heavy (non-hydrogen) atoms. The average Bonchev–Trinajstić information content (AvgIpc) is 2.28. The van der Waals surface area contributed by atoms with E-state index in [0.717, 1.165) is 19.3 Å². The molecule has 0 bridgehead atoms. The zero-order valence-corrected chi connectivity index (χ0v) is 9.54. The topological polar surface area (TPSA) is 66.4 Å². The highest BCUT2D eigenvalue weighted by Crippen LogP contribution is 2.22. The summed E-state index contributed by atoms with van der Waals surface area (Å²) in [5, 5.41) is 10.3. The van der Waals surface area contributed by atoms with Gasteiger partial charge in [0.25, 0.3) is 0 Å². The zero-order chi connectivity index (χ0) is 13.8. The summed E-state index contributed by atoms with van der Waals surface area (Å²) >= 11 is 0. The van der Waals surface area contributed by atoms with E-state index in [1.165, 1.54) is 5.32 Å². The van der Waals surface area contributed by atoms with Gasteiger partial charge in [0, 0.05) is 0 Å². The van der Waals surface area contributed by atoms with E-state index < -0.39 is 24.1 Å². The predicted octanol–water partition coefficient (Wildman–Crippen LogP) is 1.86. The molecule has 1 aliphatic rings.